The molecule has 1 saturated heterocycles. The van der Waals surface area contributed by atoms with Crippen molar-refractivity contribution in [2.24, 2.45) is 0 Å². The summed E-state index contributed by atoms with van der Waals surface area (Å²) < 4.78 is 18.6. The summed E-state index contributed by atoms with van der Waals surface area (Å²) in [6, 6.07) is 26.3. The van der Waals surface area contributed by atoms with Gasteiger partial charge in [-0.15, -0.1) is 0 Å². The van der Waals surface area contributed by atoms with E-state index in [0.717, 1.165) is 32.4 Å². The number of benzene rings is 5. The molecular formula is C38H29BrCl2N2O6. The highest BCUT2D eigenvalue weighted by Gasteiger charge is 2.37. The van der Waals surface area contributed by atoms with E-state index >= 15 is 0 Å². The second kappa shape index (κ2) is 14.7. The summed E-state index contributed by atoms with van der Waals surface area (Å²) in [5, 5.41) is 5.47. The molecule has 0 aliphatic carbocycles. The van der Waals surface area contributed by atoms with Crippen LogP contribution in [0, 0.1) is 6.92 Å². The Morgan fingerprint density at radius 2 is 1.63 bits per heavy atom. The maximum absolute atomic E-state index is 13.6. The van der Waals surface area contributed by atoms with Crippen LogP contribution in [0.1, 0.15) is 29.2 Å². The maximum Gasteiger partial charge on any atom is 0.335 e. The first kappa shape index (κ1) is 34.0. The highest BCUT2D eigenvalue weighted by Crippen LogP contribution is 2.39. The molecule has 1 aliphatic rings. The predicted octanol–water partition coefficient (Wildman–Crippen LogP) is 9.44. The van der Waals surface area contributed by atoms with Crippen LogP contribution in [0.15, 0.2) is 101 Å². The van der Waals surface area contributed by atoms with Gasteiger partial charge in [-0.3, -0.25) is 14.9 Å². The largest absolute Gasteiger partial charge is 0.490 e. The average molecular weight is 760 g/mol. The number of ether oxygens (including phenoxy) is 3. The zero-order chi connectivity index (χ0) is 34.7. The molecule has 1 aliphatic heterocycles. The fourth-order valence-electron chi connectivity index (χ4n) is 5.41. The number of hydrogen-bond donors (Lipinski definition) is 1. The normalized spacial score (nSPS) is 13.9. The van der Waals surface area contributed by atoms with Gasteiger partial charge in [-0.05, 0) is 106 Å². The quantitative estimate of drug-likeness (QED) is 0.113. The first-order valence-corrected chi connectivity index (χ1v) is 16.8. The Labute approximate surface area is 301 Å². The standard InChI is InChI=1S/C38H29BrCl2N2O6/c1-3-47-34-18-23(17-32(39)35(34)49-21-31-22(2)8-9-24-6-4-5-7-29(24)31)16-30-36(44)42-38(46)43(37(30)45)27-12-14-28(15-13-27)48-20-25-10-11-26(40)19-33(25)41/h4-19H,3,20-21H2,1-2H3,(H,42,44,46)/b30-16+. The minimum atomic E-state index is -0.863. The molecule has 6 rings (SSSR count). The predicted molar refractivity (Wildman–Crippen MR) is 195 cm³/mol. The molecule has 5 aromatic carbocycles. The number of nitrogens with zero attached hydrogens (tertiary/aromatic N) is 1. The molecule has 0 unspecified atom stereocenters. The lowest BCUT2D eigenvalue weighted by Gasteiger charge is -2.26. The molecule has 8 nitrogen and oxygen atoms in total. The molecule has 0 saturated carbocycles. The van der Waals surface area contributed by atoms with E-state index in [-0.39, 0.29) is 17.9 Å². The molecule has 0 bridgehead atoms. The van der Waals surface area contributed by atoms with Crippen molar-refractivity contribution in [1.29, 1.82) is 0 Å². The van der Waals surface area contributed by atoms with Gasteiger partial charge in [-0.1, -0.05) is 65.7 Å². The number of barbiturate groups is 1. The second-order valence-corrected chi connectivity index (χ2v) is 12.8. The van der Waals surface area contributed by atoms with Crippen molar-refractivity contribution in [3.63, 3.8) is 0 Å². The first-order chi connectivity index (χ1) is 23.6. The third-order valence-electron chi connectivity index (χ3n) is 7.88. The SMILES string of the molecule is CCOc1cc(/C=C2\C(=O)NC(=O)N(c3ccc(OCc4ccc(Cl)cc4Cl)cc3)C2=O)cc(Br)c1OCc1c(C)ccc2ccccc12. The number of fused-ring (bicyclic) bond motifs is 1. The zero-order valence-corrected chi connectivity index (χ0v) is 29.5. The number of carbonyl (C=O) groups is 3. The molecule has 1 heterocycles. The van der Waals surface area contributed by atoms with Crippen molar-refractivity contribution in [1.82, 2.24) is 5.32 Å². The number of halogens is 3. The summed E-state index contributed by atoms with van der Waals surface area (Å²) in [5.74, 6) is -0.206. The van der Waals surface area contributed by atoms with E-state index < -0.39 is 17.8 Å². The summed E-state index contributed by atoms with van der Waals surface area (Å²) in [6.45, 7) is 4.72. The topological polar surface area (TPSA) is 94.2 Å². The fraction of sp³-hybridized carbons (Fsp3) is 0.132. The number of urea groups is 1. The molecule has 0 atom stereocenters. The number of amides is 4. The van der Waals surface area contributed by atoms with Crippen LogP contribution in [-0.4, -0.2) is 24.5 Å². The number of carbonyl (C=O) groups excluding carboxylic acids is 3. The lowest BCUT2D eigenvalue weighted by molar-refractivity contribution is -0.122. The fourth-order valence-corrected chi connectivity index (χ4v) is 6.44. The summed E-state index contributed by atoms with van der Waals surface area (Å²) in [4.78, 5) is 40.3. The molecule has 0 aromatic heterocycles. The van der Waals surface area contributed by atoms with Gasteiger partial charge in [0.05, 0.1) is 16.8 Å². The maximum atomic E-state index is 13.6. The third kappa shape index (κ3) is 7.44. The van der Waals surface area contributed by atoms with Crippen molar-refractivity contribution >= 4 is 79.5 Å². The van der Waals surface area contributed by atoms with Crippen LogP contribution >= 0.6 is 39.1 Å². The average Bonchev–Trinajstić information content (AvgIpc) is 3.07. The van der Waals surface area contributed by atoms with Gasteiger partial charge >= 0.3 is 6.03 Å². The van der Waals surface area contributed by atoms with E-state index in [1.807, 2.05) is 26.0 Å². The van der Waals surface area contributed by atoms with Crippen molar-refractivity contribution in [2.75, 3.05) is 11.5 Å². The van der Waals surface area contributed by atoms with Crippen molar-refractivity contribution in [2.45, 2.75) is 27.1 Å². The molecule has 248 valence electrons. The van der Waals surface area contributed by atoms with Gasteiger partial charge in [0, 0.05) is 21.2 Å². The number of nitrogens with one attached hydrogen (secondary N) is 1. The zero-order valence-electron chi connectivity index (χ0n) is 26.4. The van der Waals surface area contributed by atoms with Crippen LogP contribution in [0.25, 0.3) is 16.8 Å². The molecule has 0 radical (unpaired) electrons. The monoisotopic (exact) mass is 758 g/mol. The first-order valence-electron chi connectivity index (χ1n) is 15.3. The van der Waals surface area contributed by atoms with E-state index in [1.54, 1.807) is 54.6 Å². The van der Waals surface area contributed by atoms with Crippen molar-refractivity contribution in [3.8, 4) is 17.2 Å². The molecule has 0 spiro atoms. The van der Waals surface area contributed by atoms with Crippen LogP contribution in [0.4, 0.5) is 10.5 Å². The Morgan fingerprint density at radius 3 is 2.39 bits per heavy atom. The minimum Gasteiger partial charge on any atom is -0.490 e. The molecular weight excluding hydrogens is 731 g/mol. The Morgan fingerprint density at radius 1 is 0.857 bits per heavy atom. The summed E-state index contributed by atoms with van der Waals surface area (Å²) in [7, 11) is 0. The van der Waals surface area contributed by atoms with Crippen molar-refractivity contribution < 1.29 is 28.6 Å². The number of anilines is 1. The van der Waals surface area contributed by atoms with E-state index in [1.165, 1.54) is 6.08 Å². The lowest BCUT2D eigenvalue weighted by Crippen LogP contribution is -2.54. The number of aryl methyl sites for hydroxylation is 1. The summed E-state index contributed by atoms with van der Waals surface area (Å²) >= 11 is 15.8. The summed E-state index contributed by atoms with van der Waals surface area (Å²) in [5.41, 5.74) is 3.40. The highest BCUT2D eigenvalue weighted by molar-refractivity contribution is 9.10. The smallest absolute Gasteiger partial charge is 0.335 e. The van der Waals surface area contributed by atoms with Gasteiger partial charge in [-0.25, -0.2) is 9.69 Å². The second-order valence-electron chi connectivity index (χ2n) is 11.1. The van der Waals surface area contributed by atoms with Crippen LogP contribution < -0.4 is 24.4 Å². The Hall–Kier alpha value is -4.83. The Bertz CT molecular complexity index is 2130. The van der Waals surface area contributed by atoms with E-state index in [2.05, 4.69) is 45.5 Å². The minimum absolute atomic E-state index is 0.186. The van der Waals surface area contributed by atoms with Crippen LogP contribution in [0.2, 0.25) is 10.0 Å². The van der Waals surface area contributed by atoms with Crippen LogP contribution in [0.3, 0.4) is 0 Å². The van der Waals surface area contributed by atoms with Gasteiger partial charge in [-0.2, -0.15) is 0 Å². The number of rotatable bonds is 10. The van der Waals surface area contributed by atoms with Crippen LogP contribution in [-0.2, 0) is 22.8 Å². The van der Waals surface area contributed by atoms with Gasteiger partial charge < -0.3 is 14.2 Å². The van der Waals surface area contributed by atoms with E-state index in [4.69, 9.17) is 37.4 Å². The lowest BCUT2D eigenvalue weighted by atomic mass is 10.0. The Kier molecular flexibility index (Phi) is 10.2. The van der Waals surface area contributed by atoms with E-state index in [9.17, 15) is 14.4 Å². The number of imide groups is 2. The molecule has 1 fully saturated rings. The van der Waals surface area contributed by atoms with Gasteiger partial charge in [0.25, 0.3) is 11.8 Å². The molecule has 1 N–H and O–H groups in total. The summed E-state index contributed by atoms with van der Waals surface area (Å²) in [6.07, 6.45) is 1.41. The third-order valence-corrected chi connectivity index (χ3v) is 9.06. The molecule has 4 amide bonds. The van der Waals surface area contributed by atoms with Gasteiger partial charge in [0.2, 0.25) is 0 Å². The van der Waals surface area contributed by atoms with Crippen molar-refractivity contribution in [3.05, 3.63) is 133 Å². The highest BCUT2D eigenvalue weighted by atomic mass is 79.9. The van der Waals surface area contributed by atoms with Gasteiger partial charge in [0.1, 0.15) is 24.5 Å². The molecule has 11 heteroatoms. The Balaban J connectivity index is 1.23. The van der Waals surface area contributed by atoms with E-state index in [0.29, 0.717) is 50.5 Å². The van der Waals surface area contributed by atoms with Gasteiger partial charge in [0.15, 0.2) is 11.5 Å². The van der Waals surface area contributed by atoms with Crippen LogP contribution in [0.5, 0.6) is 17.2 Å². The molecule has 5 aromatic rings. The molecule has 49 heavy (non-hydrogen) atoms. The number of hydrogen-bond acceptors (Lipinski definition) is 6.